The minimum absolute atomic E-state index is 0.0155. The van der Waals surface area contributed by atoms with E-state index in [0.29, 0.717) is 17.9 Å². The average molecular weight is 603 g/mol. The Morgan fingerprint density at radius 3 is 2.70 bits per heavy atom. The highest BCUT2D eigenvalue weighted by Gasteiger charge is 2.59. The zero-order valence-corrected chi connectivity index (χ0v) is 25.2. The summed E-state index contributed by atoms with van der Waals surface area (Å²) in [6.45, 7) is 3.92. The highest BCUT2D eigenvalue weighted by Crippen LogP contribution is 2.60. The number of carbonyl (C=O) groups is 1. The van der Waals surface area contributed by atoms with Gasteiger partial charge in [0.1, 0.15) is 17.1 Å². The van der Waals surface area contributed by atoms with E-state index in [0.717, 1.165) is 63.7 Å². The van der Waals surface area contributed by atoms with Gasteiger partial charge < -0.3 is 30.1 Å². The van der Waals surface area contributed by atoms with Crippen LogP contribution < -0.4 is 20.3 Å². The van der Waals surface area contributed by atoms with E-state index in [-0.39, 0.29) is 41.6 Å². The molecule has 2 aromatic rings. The van der Waals surface area contributed by atoms with Crippen molar-refractivity contribution < 1.29 is 22.7 Å². The lowest BCUT2D eigenvalue weighted by Crippen LogP contribution is -2.44. The molecule has 3 aliphatic rings. The minimum atomic E-state index is -4.63. The van der Waals surface area contributed by atoms with Crippen LogP contribution >= 0.6 is 0 Å². The summed E-state index contributed by atoms with van der Waals surface area (Å²) in [4.78, 5) is 31.0. The molecule has 2 aliphatic carbocycles. The molecule has 1 amide bonds. The molecule has 2 saturated carbocycles. The second kappa shape index (κ2) is 12.7. The number of benzene rings is 1. The Balaban J connectivity index is 1.34. The fourth-order valence-electron chi connectivity index (χ4n) is 6.29. The van der Waals surface area contributed by atoms with Crippen LogP contribution in [0.25, 0.3) is 0 Å². The zero-order chi connectivity index (χ0) is 30.8. The van der Waals surface area contributed by atoms with Crippen LogP contribution in [0.4, 0.5) is 36.3 Å². The largest absolute Gasteiger partial charge is 0.494 e. The van der Waals surface area contributed by atoms with E-state index in [1.807, 2.05) is 18.2 Å². The number of alkyl halides is 3. The molecule has 2 heterocycles. The molecular weight excluding hydrogens is 561 g/mol. The van der Waals surface area contributed by atoms with E-state index in [1.54, 1.807) is 32.3 Å². The zero-order valence-electron chi connectivity index (χ0n) is 25.2. The van der Waals surface area contributed by atoms with Crippen molar-refractivity contribution in [2.24, 2.45) is 16.3 Å². The molecule has 1 aromatic heterocycles. The van der Waals surface area contributed by atoms with E-state index in [4.69, 9.17) is 4.74 Å². The third-order valence-corrected chi connectivity index (χ3v) is 8.82. The number of likely N-dealkylation sites (N-methyl/N-ethyl adjacent to an activating group) is 2. The molecule has 5 rings (SSSR count). The number of amides is 1. The third kappa shape index (κ3) is 7.20. The number of methoxy groups -OCH3 is 1. The number of hydrogen-bond acceptors (Lipinski definition) is 9. The van der Waals surface area contributed by atoms with Gasteiger partial charge in [-0.25, -0.2) is 9.98 Å². The molecule has 1 spiro atoms. The van der Waals surface area contributed by atoms with Crippen LogP contribution in [-0.2, 0) is 11.0 Å². The van der Waals surface area contributed by atoms with Crippen molar-refractivity contribution in [3.8, 4) is 5.75 Å². The smallest absolute Gasteiger partial charge is 0.421 e. The summed E-state index contributed by atoms with van der Waals surface area (Å²) in [6, 6.07) is 5.50. The van der Waals surface area contributed by atoms with Crippen LogP contribution in [0.3, 0.4) is 0 Å². The second-order valence-electron chi connectivity index (χ2n) is 12.1. The number of halogens is 3. The van der Waals surface area contributed by atoms with Crippen molar-refractivity contribution in [3.05, 3.63) is 30.0 Å². The van der Waals surface area contributed by atoms with Crippen LogP contribution in [0.5, 0.6) is 5.75 Å². The van der Waals surface area contributed by atoms with Crippen LogP contribution in [0.1, 0.15) is 37.7 Å². The van der Waals surface area contributed by atoms with Crippen LogP contribution in [-0.4, -0.2) is 98.9 Å². The van der Waals surface area contributed by atoms with E-state index in [9.17, 15) is 18.0 Å². The molecule has 0 radical (unpaired) electrons. The second-order valence-corrected chi connectivity index (χ2v) is 12.1. The molecule has 1 aliphatic heterocycles. The lowest BCUT2D eigenvalue weighted by atomic mass is 9.76. The SMILES string of the molecule is COc1cc(N2CCN(C)CC2)ccc1Nc1ncc(C(F)(F)F)c(NC2CC23CCCCC3C=NC(=O)CN(C)C)n1. The van der Waals surface area contributed by atoms with Gasteiger partial charge >= 0.3 is 6.18 Å². The van der Waals surface area contributed by atoms with E-state index in [1.165, 1.54) is 0 Å². The third-order valence-electron chi connectivity index (χ3n) is 8.82. The number of nitrogens with zero attached hydrogens (tertiary/aromatic N) is 6. The summed E-state index contributed by atoms with van der Waals surface area (Å²) >= 11 is 0. The summed E-state index contributed by atoms with van der Waals surface area (Å²) in [7, 11) is 7.26. The summed E-state index contributed by atoms with van der Waals surface area (Å²) in [5.41, 5.74) is 0.406. The summed E-state index contributed by atoms with van der Waals surface area (Å²) in [5, 5.41) is 6.16. The maximum absolute atomic E-state index is 14.0. The number of rotatable bonds is 9. The van der Waals surface area contributed by atoms with Crippen molar-refractivity contribution in [1.82, 2.24) is 19.8 Å². The standard InChI is InChI=1S/C30H41F3N8O2/c1-39(2)19-26(42)34-17-20-7-5-6-10-29(20)16-25(29)37-27-22(30(31,32)33)18-35-28(38-27)36-23-9-8-21(15-24(23)43-4)41-13-11-40(3)12-14-41/h8-9,15,17-18,20,25H,5-7,10-14,16,19H2,1-4H3,(H2,35,36,37,38). The maximum Gasteiger partial charge on any atom is 0.421 e. The molecule has 3 atom stereocenters. The van der Waals surface area contributed by atoms with Crippen molar-refractivity contribution in [1.29, 1.82) is 0 Å². The van der Waals surface area contributed by atoms with Crippen molar-refractivity contribution in [2.45, 2.75) is 44.3 Å². The van der Waals surface area contributed by atoms with Crippen molar-refractivity contribution in [3.63, 3.8) is 0 Å². The number of anilines is 4. The van der Waals surface area contributed by atoms with Gasteiger partial charge in [0.15, 0.2) is 0 Å². The number of aliphatic imine (C=N–C) groups is 1. The Kier molecular flexibility index (Phi) is 9.12. The number of piperazine rings is 1. The predicted octanol–water partition coefficient (Wildman–Crippen LogP) is 4.52. The summed E-state index contributed by atoms with van der Waals surface area (Å²) in [5.74, 6) is 0.107. The Bertz CT molecular complexity index is 1330. The average Bonchev–Trinajstić information content (AvgIpc) is 3.63. The molecule has 3 fully saturated rings. The summed E-state index contributed by atoms with van der Waals surface area (Å²) in [6.07, 6.45) is 2.30. The van der Waals surface area contributed by atoms with Gasteiger partial charge in [-0.3, -0.25) is 4.79 Å². The minimum Gasteiger partial charge on any atom is -0.494 e. The van der Waals surface area contributed by atoms with Gasteiger partial charge in [0.25, 0.3) is 5.91 Å². The van der Waals surface area contributed by atoms with Gasteiger partial charge in [0.2, 0.25) is 5.95 Å². The predicted molar refractivity (Wildman–Crippen MR) is 161 cm³/mol. The van der Waals surface area contributed by atoms with Crippen LogP contribution in [0.2, 0.25) is 0 Å². The molecule has 0 bridgehead atoms. The van der Waals surface area contributed by atoms with E-state index >= 15 is 0 Å². The Hall–Kier alpha value is -3.45. The first kappa shape index (κ1) is 31.0. The monoisotopic (exact) mass is 602 g/mol. The Morgan fingerprint density at radius 1 is 1.23 bits per heavy atom. The maximum atomic E-state index is 14.0. The topological polar surface area (TPSA) is 98.2 Å². The van der Waals surface area contributed by atoms with Gasteiger partial charge in [-0.2, -0.15) is 18.2 Å². The molecule has 10 nitrogen and oxygen atoms in total. The van der Waals surface area contributed by atoms with Gasteiger partial charge in [0, 0.05) is 67.7 Å². The molecule has 13 heteroatoms. The van der Waals surface area contributed by atoms with Gasteiger partial charge in [0.05, 0.1) is 19.3 Å². The number of nitrogens with one attached hydrogen (secondary N) is 2. The number of hydrogen-bond donors (Lipinski definition) is 2. The first-order chi connectivity index (χ1) is 20.5. The molecular formula is C30H41F3N8O2. The quantitative estimate of drug-likeness (QED) is 0.402. The first-order valence-corrected chi connectivity index (χ1v) is 14.8. The lowest BCUT2D eigenvalue weighted by Gasteiger charge is -2.34. The molecule has 2 N–H and O–H groups in total. The molecule has 3 unspecified atom stereocenters. The van der Waals surface area contributed by atoms with Crippen molar-refractivity contribution >= 4 is 35.3 Å². The Morgan fingerprint density at radius 2 is 2.00 bits per heavy atom. The fourth-order valence-corrected chi connectivity index (χ4v) is 6.29. The van der Waals surface area contributed by atoms with E-state index in [2.05, 4.69) is 42.4 Å². The van der Waals surface area contributed by atoms with E-state index < -0.39 is 11.7 Å². The van der Waals surface area contributed by atoms with Crippen LogP contribution in [0, 0.1) is 11.3 Å². The number of carbonyl (C=O) groups excluding carboxylic acids is 1. The Labute approximate surface area is 250 Å². The van der Waals surface area contributed by atoms with Crippen LogP contribution in [0.15, 0.2) is 29.4 Å². The van der Waals surface area contributed by atoms with Gasteiger partial charge in [-0.1, -0.05) is 12.8 Å². The highest BCUT2D eigenvalue weighted by molar-refractivity contribution is 5.87. The molecule has 1 saturated heterocycles. The van der Waals surface area contributed by atoms with Crippen molar-refractivity contribution in [2.75, 3.05) is 76.5 Å². The summed E-state index contributed by atoms with van der Waals surface area (Å²) < 4.78 is 47.7. The lowest BCUT2D eigenvalue weighted by molar-refractivity contribution is -0.137. The van der Waals surface area contributed by atoms with Gasteiger partial charge in [-0.05, 0) is 52.5 Å². The fraction of sp³-hybridized carbons (Fsp3) is 0.600. The normalized spacial score (nSPS) is 24.5. The molecule has 234 valence electrons. The number of aromatic nitrogens is 2. The van der Waals surface area contributed by atoms with Gasteiger partial charge in [-0.15, -0.1) is 0 Å². The number of ether oxygens (including phenoxy) is 1. The highest BCUT2D eigenvalue weighted by atomic mass is 19.4. The molecule has 1 aromatic carbocycles. The first-order valence-electron chi connectivity index (χ1n) is 14.8. The molecule has 43 heavy (non-hydrogen) atoms.